The zero-order chi connectivity index (χ0) is 21.1. The van der Waals surface area contributed by atoms with Gasteiger partial charge in [-0.1, -0.05) is 50.5 Å². The molecule has 1 aliphatic heterocycles. The Morgan fingerprint density at radius 2 is 1.86 bits per heavy atom. The van der Waals surface area contributed by atoms with Gasteiger partial charge in [-0.15, -0.1) is 6.58 Å². The fourth-order valence-corrected chi connectivity index (χ4v) is 3.40. The molecule has 0 aromatic heterocycles. The molecule has 0 saturated heterocycles. The first-order chi connectivity index (χ1) is 14.0. The molecule has 1 aromatic carbocycles. The Bertz CT molecular complexity index is 779. The number of nitrogens with one attached hydrogen (secondary N) is 1. The molecule has 0 fully saturated rings. The van der Waals surface area contributed by atoms with Crippen molar-refractivity contribution in [1.82, 2.24) is 5.32 Å². The number of allylic oxidation sites excluding steroid dienone is 1. The minimum atomic E-state index is -0.522. The van der Waals surface area contributed by atoms with Gasteiger partial charge in [0.2, 0.25) is 0 Å². The van der Waals surface area contributed by atoms with E-state index in [1.54, 1.807) is 0 Å². The van der Waals surface area contributed by atoms with Gasteiger partial charge in [0.1, 0.15) is 6.61 Å². The quantitative estimate of drug-likeness (QED) is 0.233. The lowest BCUT2D eigenvalue weighted by Gasteiger charge is -2.11. The van der Waals surface area contributed by atoms with E-state index in [-0.39, 0.29) is 18.6 Å². The number of imide groups is 1. The van der Waals surface area contributed by atoms with Gasteiger partial charge in [0.15, 0.2) is 0 Å². The highest BCUT2D eigenvalue weighted by Crippen LogP contribution is 2.18. The molecule has 1 heterocycles. The number of benzene rings is 1. The van der Waals surface area contributed by atoms with Crippen molar-refractivity contribution in [2.75, 3.05) is 0 Å². The number of ether oxygens (including phenoxy) is 1. The van der Waals surface area contributed by atoms with Gasteiger partial charge in [0.25, 0.3) is 11.8 Å². The van der Waals surface area contributed by atoms with Crippen molar-refractivity contribution in [3.8, 4) is 0 Å². The van der Waals surface area contributed by atoms with Crippen LogP contribution >= 0.6 is 0 Å². The number of hydrogen-bond acceptors (Lipinski definition) is 4. The molecule has 0 saturated carbocycles. The molecule has 1 aliphatic rings. The third-order valence-electron chi connectivity index (χ3n) is 5.08. The standard InChI is InChI=1S/C24H31NO4/c1-3-5-6-7-8-9-10-11-18-12-13-20(19(4-2)14-18)17-29-23(27)16-21-15-22(26)25-24(21)28/h3,12-15H,1,4-11,16-17H2,2H3,(H,25,26,28). The van der Waals surface area contributed by atoms with Crippen LogP contribution in [-0.4, -0.2) is 17.8 Å². The first-order valence-electron chi connectivity index (χ1n) is 10.5. The summed E-state index contributed by atoms with van der Waals surface area (Å²) in [5.74, 6) is -1.52. The van der Waals surface area contributed by atoms with Gasteiger partial charge in [-0.3, -0.25) is 19.7 Å². The smallest absolute Gasteiger partial charge is 0.310 e. The van der Waals surface area contributed by atoms with E-state index in [2.05, 4.69) is 31.0 Å². The summed E-state index contributed by atoms with van der Waals surface area (Å²) in [4.78, 5) is 34.6. The normalized spacial score (nSPS) is 13.2. The molecule has 156 valence electrons. The van der Waals surface area contributed by atoms with Gasteiger partial charge < -0.3 is 4.74 Å². The van der Waals surface area contributed by atoms with Crippen molar-refractivity contribution < 1.29 is 19.1 Å². The summed E-state index contributed by atoms with van der Waals surface area (Å²) < 4.78 is 5.32. The van der Waals surface area contributed by atoms with E-state index >= 15 is 0 Å². The molecule has 0 radical (unpaired) electrons. The Kier molecular flexibility index (Phi) is 9.35. The lowest BCUT2D eigenvalue weighted by Crippen LogP contribution is -2.23. The molecule has 0 unspecified atom stereocenters. The SMILES string of the molecule is C=CCCCCCCCc1ccc(COC(=O)CC2=CC(=O)NC2=O)c(CC)c1. The fraction of sp³-hybridized carbons (Fsp3) is 0.458. The highest BCUT2D eigenvalue weighted by atomic mass is 16.5. The largest absolute Gasteiger partial charge is 0.461 e. The Hall–Kier alpha value is -2.69. The van der Waals surface area contributed by atoms with E-state index in [1.165, 1.54) is 43.2 Å². The zero-order valence-corrected chi connectivity index (χ0v) is 17.3. The van der Waals surface area contributed by atoms with Crippen LogP contribution in [0.5, 0.6) is 0 Å². The van der Waals surface area contributed by atoms with Crippen LogP contribution in [0, 0.1) is 0 Å². The minimum absolute atomic E-state index is 0.149. The van der Waals surface area contributed by atoms with Crippen molar-refractivity contribution in [2.24, 2.45) is 0 Å². The molecule has 2 amide bonds. The second-order valence-electron chi connectivity index (χ2n) is 7.38. The molecule has 5 heteroatoms. The Balaban J connectivity index is 1.78. The summed E-state index contributed by atoms with van der Waals surface area (Å²) in [6, 6.07) is 6.33. The number of unbranched alkanes of at least 4 members (excludes halogenated alkanes) is 5. The van der Waals surface area contributed by atoms with Crippen LogP contribution in [0.25, 0.3) is 0 Å². The maximum absolute atomic E-state index is 12.0. The monoisotopic (exact) mass is 397 g/mol. The van der Waals surface area contributed by atoms with E-state index in [0.717, 1.165) is 30.9 Å². The van der Waals surface area contributed by atoms with Gasteiger partial charge in [-0.2, -0.15) is 0 Å². The second kappa shape index (κ2) is 12.0. The third-order valence-corrected chi connectivity index (χ3v) is 5.08. The Morgan fingerprint density at radius 1 is 1.10 bits per heavy atom. The molecule has 1 N–H and O–H groups in total. The van der Waals surface area contributed by atoms with Crippen molar-refractivity contribution in [3.63, 3.8) is 0 Å². The summed E-state index contributed by atoms with van der Waals surface area (Å²) in [6.45, 7) is 6.01. The maximum atomic E-state index is 12.0. The van der Waals surface area contributed by atoms with Crippen molar-refractivity contribution >= 4 is 17.8 Å². The number of esters is 1. The van der Waals surface area contributed by atoms with Gasteiger partial charge in [-0.05, 0) is 48.8 Å². The summed E-state index contributed by atoms with van der Waals surface area (Å²) in [7, 11) is 0. The number of aryl methyl sites for hydroxylation is 2. The van der Waals surface area contributed by atoms with Gasteiger partial charge in [-0.25, -0.2) is 0 Å². The van der Waals surface area contributed by atoms with Crippen LogP contribution in [0.1, 0.15) is 68.6 Å². The molecule has 2 rings (SSSR count). The summed E-state index contributed by atoms with van der Waals surface area (Å²) in [5, 5.41) is 2.12. The lowest BCUT2D eigenvalue weighted by molar-refractivity contribution is -0.144. The van der Waals surface area contributed by atoms with Crippen molar-refractivity contribution in [3.05, 3.63) is 59.2 Å². The number of rotatable bonds is 13. The highest BCUT2D eigenvalue weighted by molar-refractivity contribution is 6.17. The summed E-state index contributed by atoms with van der Waals surface area (Å²) in [5.41, 5.74) is 3.62. The van der Waals surface area contributed by atoms with Crippen LogP contribution in [0.2, 0.25) is 0 Å². The average Bonchev–Trinajstić information content (AvgIpc) is 3.02. The lowest BCUT2D eigenvalue weighted by atomic mass is 9.98. The second-order valence-corrected chi connectivity index (χ2v) is 7.38. The van der Waals surface area contributed by atoms with Gasteiger partial charge in [0, 0.05) is 11.6 Å². The minimum Gasteiger partial charge on any atom is -0.461 e. The molecular formula is C24H31NO4. The molecule has 0 aliphatic carbocycles. The summed E-state index contributed by atoms with van der Waals surface area (Å²) in [6.07, 6.45) is 12.2. The molecule has 0 atom stereocenters. The van der Waals surface area contributed by atoms with Crippen LogP contribution in [-0.2, 0) is 38.6 Å². The molecule has 5 nitrogen and oxygen atoms in total. The molecule has 0 spiro atoms. The Labute approximate surface area is 173 Å². The first kappa shape index (κ1) is 22.6. The highest BCUT2D eigenvalue weighted by Gasteiger charge is 2.23. The number of amides is 2. The van der Waals surface area contributed by atoms with Gasteiger partial charge in [0.05, 0.1) is 6.42 Å². The molecule has 29 heavy (non-hydrogen) atoms. The topological polar surface area (TPSA) is 72.5 Å². The van der Waals surface area contributed by atoms with Crippen LogP contribution in [0.3, 0.4) is 0 Å². The van der Waals surface area contributed by atoms with E-state index < -0.39 is 17.8 Å². The zero-order valence-electron chi connectivity index (χ0n) is 17.3. The predicted molar refractivity (Wildman–Crippen MR) is 113 cm³/mol. The fourth-order valence-electron chi connectivity index (χ4n) is 3.40. The van der Waals surface area contributed by atoms with Crippen LogP contribution in [0.15, 0.2) is 42.5 Å². The van der Waals surface area contributed by atoms with Crippen molar-refractivity contribution in [2.45, 2.75) is 71.3 Å². The van der Waals surface area contributed by atoms with Crippen LogP contribution in [0.4, 0.5) is 0 Å². The average molecular weight is 398 g/mol. The first-order valence-corrected chi connectivity index (χ1v) is 10.5. The number of carbonyl (C=O) groups excluding carboxylic acids is 3. The van der Waals surface area contributed by atoms with E-state index in [4.69, 9.17) is 4.74 Å². The predicted octanol–water partition coefficient (Wildman–Crippen LogP) is 4.33. The Morgan fingerprint density at radius 3 is 2.55 bits per heavy atom. The molecule has 0 bridgehead atoms. The van der Waals surface area contributed by atoms with Crippen LogP contribution < -0.4 is 5.32 Å². The maximum Gasteiger partial charge on any atom is 0.310 e. The summed E-state index contributed by atoms with van der Waals surface area (Å²) >= 11 is 0. The third kappa shape index (κ3) is 7.68. The number of hydrogen-bond donors (Lipinski definition) is 1. The van der Waals surface area contributed by atoms with Crippen molar-refractivity contribution in [1.29, 1.82) is 0 Å². The van der Waals surface area contributed by atoms with E-state index in [1.807, 2.05) is 12.1 Å². The van der Waals surface area contributed by atoms with Gasteiger partial charge >= 0.3 is 5.97 Å². The van der Waals surface area contributed by atoms with E-state index in [9.17, 15) is 14.4 Å². The molecular weight excluding hydrogens is 366 g/mol. The number of carbonyl (C=O) groups is 3. The van der Waals surface area contributed by atoms with E-state index in [0.29, 0.717) is 0 Å². The molecule has 1 aromatic rings.